The van der Waals surface area contributed by atoms with Gasteiger partial charge in [-0.05, 0) is 0 Å². The van der Waals surface area contributed by atoms with Crippen LogP contribution in [0.4, 0.5) is 0 Å². The Labute approximate surface area is 66.2 Å². The second kappa shape index (κ2) is 2.48. The van der Waals surface area contributed by atoms with Crippen LogP contribution in [0.5, 0.6) is 0 Å². The van der Waals surface area contributed by atoms with Gasteiger partial charge in [-0.25, -0.2) is 9.97 Å². The van der Waals surface area contributed by atoms with E-state index in [1.165, 1.54) is 22.7 Å². The van der Waals surface area contributed by atoms with Gasteiger partial charge in [0.2, 0.25) is 0 Å². The van der Waals surface area contributed by atoms with E-state index in [0.717, 1.165) is 11.4 Å². The van der Waals surface area contributed by atoms with Crippen molar-refractivity contribution in [2.75, 3.05) is 0 Å². The molecule has 2 aromatic rings. The van der Waals surface area contributed by atoms with Crippen LogP contribution >= 0.6 is 22.7 Å². The van der Waals surface area contributed by atoms with Gasteiger partial charge < -0.3 is 0 Å². The molecule has 10 heavy (non-hydrogen) atoms. The molecule has 48 valence electrons. The SMILES string of the molecule is [c]1nc(-c2cs[c]n2)cs1. The van der Waals surface area contributed by atoms with Crippen molar-refractivity contribution in [2.24, 2.45) is 0 Å². The number of thiazole rings is 2. The second-order valence-corrected chi connectivity index (χ2v) is 2.96. The van der Waals surface area contributed by atoms with E-state index in [-0.39, 0.29) is 0 Å². The van der Waals surface area contributed by atoms with Crippen molar-refractivity contribution in [1.29, 1.82) is 0 Å². The van der Waals surface area contributed by atoms with E-state index < -0.39 is 0 Å². The maximum Gasteiger partial charge on any atom is 0.152 e. The van der Waals surface area contributed by atoms with Crippen LogP contribution in [0.3, 0.4) is 0 Å². The standard InChI is InChI=1S/C6H2N2S2/c1-5(7-3-9-1)6-2-10-4-8-6/h1-2H. The van der Waals surface area contributed by atoms with Gasteiger partial charge >= 0.3 is 0 Å². The molecule has 0 aromatic carbocycles. The molecule has 0 bridgehead atoms. The molecule has 4 heteroatoms. The van der Waals surface area contributed by atoms with Crippen LogP contribution in [0, 0.1) is 11.0 Å². The molecular weight excluding hydrogens is 164 g/mol. The molecule has 0 spiro atoms. The van der Waals surface area contributed by atoms with E-state index in [1.54, 1.807) is 0 Å². The Kier molecular flexibility index (Phi) is 1.49. The number of aromatic nitrogens is 2. The van der Waals surface area contributed by atoms with Crippen LogP contribution in [0.1, 0.15) is 0 Å². The highest BCUT2D eigenvalue weighted by molar-refractivity contribution is 7.08. The molecular formula is C6H2N2S2. The summed E-state index contributed by atoms with van der Waals surface area (Å²) >= 11 is 2.90. The first-order valence-electron chi connectivity index (χ1n) is 2.60. The van der Waals surface area contributed by atoms with E-state index in [0.29, 0.717) is 0 Å². The van der Waals surface area contributed by atoms with E-state index in [4.69, 9.17) is 0 Å². The maximum absolute atomic E-state index is 3.98. The number of hydrogen-bond donors (Lipinski definition) is 0. The summed E-state index contributed by atoms with van der Waals surface area (Å²) in [7, 11) is 0. The van der Waals surface area contributed by atoms with Crippen molar-refractivity contribution < 1.29 is 0 Å². The van der Waals surface area contributed by atoms with E-state index >= 15 is 0 Å². The fourth-order valence-electron chi connectivity index (χ4n) is 0.603. The lowest BCUT2D eigenvalue weighted by molar-refractivity contribution is 1.32. The highest BCUT2D eigenvalue weighted by Crippen LogP contribution is 2.17. The third-order valence-corrected chi connectivity index (χ3v) is 2.12. The van der Waals surface area contributed by atoms with Crippen molar-refractivity contribution in [3.05, 3.63) is 21.8 Å². The monoisotopic (exact) mass is 166 g/mol. The molecule has 0 saturated carbocycles. The molecule has 0 saturated heterocycles. The summed E-state index contributed by atoms with van der Waals surface area (Å²) in [6.45, 7) is 0. The van der Waals surface area contributed by atoms with E-state index in [9.17, 15) is 0 Å². The van der Waals surface area contributed by atoms with Crippen LogP contribution in [0.15, 0.2) is 10.8 Å². The van der Waals surface area contributed by atoms with Crippen molar-refractivity contribution in [2.45, 2.75) is 0 Å². The van der Waals surface area contributed by atoms with Crippen molar-refractivity contribution >= 4 is 22.7 Å². The van der Waals surface area contributed by atoms with Crippen LogP contribution in [0.25, 0.3) is 11.4 Å². The molecule has 2 nitrogen and oxygen atoms in total. The van der Waals surface area contributed by atoms with E-state index in [1.807, 2.05) is 10.8 Å². The van der Waals surface area contributed by atoms with Crippen LogP contribution in [0.2, 0.25) is 0 Å². The van der Waals surface area contributed by atoms with Gasteiger partial charge in [-0.2, -0.15) is 0 Å². The Morgan fingerprint density at radius 1 is 1.00 bits per heavy atom. The molecule has 0 aliphatic heterocycles. The van der Waals surface area contributed by atoms with Gasteiger partial charge in [0.05, 0.1) is 0 Å². The molecule has 0 fully saturated rings. The summed E-state index contributed by atoms with van der Waals surface area (Å²) in [5.41, 5.74) is 7.30. The Bertz CT molecular complexity index is 253. The summed E-state index contributed by atoms with van der Waals surface area (Å²) < 4.78 is 0. The Morgan fingerprint density at radius 2 is 1.50 bits per heavy atom. The molecule has 2 rings (SSSR count). The number of rotatable bonds is 1. The highest BCUT2D eigenvalue weighted by Gasteiger charge is 1.99. The van der Waals surface area contributed by atoms with Gasteiger partial charge in [-0.1, -0.05) is 0 Å². The van der Waals surface area contributed by atoms with Gasteiger partial charge in [-0.15, -0.1) is 22.7 Å². The Hall–Kier alpha value is -0.740. The normalized spacial score (nSPS) is 10.0. The van der Waals surface area contributed by atoms with Gasteiger partial charge in [0.1, 0.15) is 11.4 Å². The predicted molar refractivity (Wildman–Crippen MR) is 40.9 cm³/mol. The lowest BCUT2D eigenvalue weighted by atomic mass is 10.4. The molecule has 0 aliphatic rings. The minimum Gasteiger partial charge on any atom is -0.232 e. The zero-order valence-electron chi connectivity index (χ0n) is 4.87. The molecule has 2 radical (unpaired) electrons. The van der Waals surface area contributed by atoms with Crippen LogP contribution in [-0.4, -0.2) is 9.97 Å². The fourth-order valence-corrected chi connectivity index (χ4v) is 1.58. The highest BCUT2D eigenvalue weighted by atomic mass is 32.1. The quantitative estimate of drug-likeness (QED) is 0.646. The zero-order valence-corrected chi connectivity index (χ0v) is 6.50. The fraction of sp³-hybridized carbons (Fsp3) is 0. The molecule has 0 aliphatic carbocycles. The summed E-state index contributed by atoms with van der Waals surface area (Å²) in [5.74, 6) is 0. The van der Waals surface area contributed by atoms with Gasteiger partial charge in [-0.3, -0.25) is 0 Å². The average Bonchev–Trinajstić information content (AvgIpc) is 2.59. The van der Waals surface area contributed by atoms with Crippen molar-refractivity contribution in [3.8, 4) is 11.4 Å². The molecule has 0 amide bonds. The molecule has 2 heterocycles. The lowest BCUT2D eigenvalue weighted by Crippen LogP contribution is -1.73. The molecule has 0 atom stereocenters. The molecule has 0 unspecified atom stereocenters. The number of hydrogen-bond acceptors (Lipinski definition) is 4. The largest absolute Gasteiger partial charge is 0.232 e. The van der Waals surface area contributed by atoms with Gasteiger partial charge in [0, 0.05) is 10.8 Å². The van der Waals surface area contributed by atoms with Gasteiger partial charge in [0.15, 0.2) is 11.0 Å². The Morgan fingerprint density at radius 3 is 1.80 bits per heavy atom. The smallest absolute Gasteiger partial charge is 0.152 e. The average molecular weight is 166 g/mol. The lowest BCUT2D eigenvalue weighted by Gasteiger charge is -1.82. The first kappa shape index (κ1) is 6.00. The maximum atomic E-state index is 3.98. The van der Waals surface area contributed by atoms with Gasteiger partial charge in [0.25, 0.3) is 0 Å². The van der Waals surface area contributed by atoms with Crippen LogP contribution in [-0.2, 0) is 0 Å². The summed E-state index contributed by atoms with van der Waals surface area (Å²) in [6, 6.07) is 0. The first-order chi connectivity index (χ1) is 4.97. The zero-order chi connectivity index (χ0) is 6.81. The summed E-state index contributed by atoms with van der Waals surface area (Å²) in [4.78, 5) is 7.95. The Balaban J connectivity index is 2.48. The number of nitrogens with zero attached hydrogens (tertiary/aromatic N) is 2. The third-order valence-electron chi connectivity index (χ3n) is 1.04. The van der Waals surface area contributed by atoms with Crippen molar-refractivity contribution in [1.82, 2.24) is 9.97 Å². The second-order valence-electron chi connectivity index (χ2n) is 1.65. The summed E-state index contributed by atoms with van der Waals surface area (Å²) in [5, 5.41) is 3.84. The predicted octanol–water partition coefficient (Wildman–Crippen LogP) is 1.87. The minimum absolute atomic E-state index is 0.891. The molecule has 2 aromatic heterocycles. The van der Waals surface area contributed by atoms with E-state index in [2.05, 4.69) is 21.0 Å². The topological polar surface area (TPSA) is 25.8 Å². The van der Waals surface area contributed by atoms with Crippen molar-refractivity contribution in [3.63, 3.8) is 0 Å². The molecule has 0 N–H and O–H groups in total. The third kappa shape index (κ3) is 0.955. The van der Waals surface area contributed by atoms with Crippen LogP contribution < -0.4 is 0 Å². The minimum atomic E-state index is 0.891. The summed E-state index contributed by atoms with van der Waals surface area (Å²) in [6.07, 6.45) is 0. The first-order valence-corrected chi connectivity index (χ1v) is 4.36.